The van der Waals surface area contributed by atoms with E-state index in [1.807, 2.05) is 46.6 Å². The van der Waals surface area contributed by atoms with Crippen molar-refractivity contribution in [1.29, 1.82) is 0 Å². The molecule has 0 aromatic heterocycles. The van der Waals surface area contributed by atoms with E-state index in [1.54, 1.807) is 6.92 Å². The second-order valence-electron chi connectivity index (χ2n) is 13.0. The normalized spacial score (nSPS) is 48.1. The van der Waals surface area contributed by atoms with E-state index in [9.17, 15) is 20.1 Å². The Hall–Kier alpha value is -0.770. The molecule has 12 atom stereocenters. The maximum Gasteiger partial charge on any atom is 0.311 e. The third kappa shape index (κ3) is 8.61. The first-order chi connectivity index (χ1) is 17.0. The summed E-state index contributed by atoms with van der Waals surface area (Å²) in [4.78, 5) is 15.5. The number of ether oxygens (including phenoxy) is 3. The molecule has 0 aromatic carbocycles. The summed E-state index contributed by atoms with van der Waals surface area (Å²) in [6, 6.07) is -0.389. The smallest absolute Gasteiger partial charge is 0.311 e. The van der Waals surface area contributed by atoms with Crippen molar-refractivity contribution in [3.8, 4) is 0 Å². The minimum atomic E-state index is -1.65. The first kappa shape index (κ1) is 32.4. The number of aliphatic hydroxyl groups excluding tert-OH is 1. The average molecular weight is 530 g/mol. The van der Waals surface area contributed by atoms with Gasteiger partial charge in [-0.05, 0) is 85.1 Å². The van der Waals surface area contributed by atoms with Gasteiger partial charge in [0, 0.05) is 19.0 Å². The van der Waals surface area contributed by atoms with E-state index in [1.165, 1.54) is 6.92 Å². The Kier molecular flexibility index (Phi) is 11.4. The summed E-state index contributed by atoms with van der Waals surface area (Å²) in [7, 11) is 1.90. The minimum absolute atomic E-state index is 0.0672. The van der Waals surface area contributed by atoms with E-state index in [2.05, 4.69) is 13.8 Å². The lowest BCUT2D eigenvalue weighted by molar-refractivity contribution is -0.241. The monoisotopic (exact) mass is 529 g/mol. The zero-order valence-corrected chi connectivity index (χ0v) is 24.9. The Labute approximate surface area is 225 Å². The summed E-state index contributed by atoms with van der Waals surface area (Å²) < 4.78 is 18.5. The highest BCUT2D eigenvalue weighted by atomic mass is 16.7. The molecule has 0 bridgehead atoms. The molecule has 0 amide bonds. The van der Waals surface area contributed by atoms with Crippen molar-refractivity contribution in [3.05, 3.63) is 0 Å². The topological polar surface area (TPSA) is 109 Å². The lowest BCUT2D eigenvalue weighted by atomic mass is 9.80. The fourth-order valence-corrected chi connectivity index (χ4v) is 6.65. The maximum absolute atomic E-state index is 13.5. The minimum Gasteiger partial charge on any atom is -0.459 e. The molecule has 37 heavy (non-hydrogen) atoms. The van der Waals surface area contributed by atoms with Gasteiger partial charge in [0.1, 0.15) is 17.8 Å². The van der Waals surface area contributed by atoms with E-state index in [4.69, 9.17) is 14.2 Å². The van der Waals surface area contributed by atoms with Crippen LogP contribution in [-0.2, 0) is 19.0 Å². The number of likely N-dealkylation sites (N-methyl/N-ethyl adjacent to an activating group) is 1. The third-order valence-electron chi connectivity index (χ3n) is 8.63. The molecule has 2 heterocycles. The van der Waals surface area contributed by atoms with Crippen LogP contribution in [-0.4, -0.2) is 87.7 Å². The van der Waals surface area contributed by atoms with E-state index >= 15 is 0 Å². The molecule has 0 spiro atoms. The number of carbonyl (C=O) groups excluding carboxylic acids is 1. The number of nitrogens with zero attached hydrogens (tertiary/aromatic N) is 1. The van der Waals surface area contributed by atoms with Gasteiger partial charge in [-0.3, -0.25) is 4.79 Å². The van der Waals surface area contributed by atoms with Crippen LogP contribution in [0.4, 0.5) is 0 Å². The standard InChI is InChI=1S/C29H55NO7/c1-11-23-29(9,34)26(31)22(7)30(10)16-18(3)14-28(8,33)15-19(4)25(21(6)27(32)36-23)37-24-13-17(2)12-20(5)35-24/h17-26,31,33-34H,11-16H2,1-10H3/t17?,18-,19-,20+,21-,22-,23-,24+,25+,26-,28-,29-/m1/s1. The second-order valence-corrected chi connectivity index (χ2v) is 13.0. The van der Waals surface area contributed by atoms with Crippen LogP contribution >= 0.6 is 0 Å². The number of aliphatic hydroxyl groups is 3. The van der Waals surface area contributed by atoms with Gasteiger partial charge in [0.15, 0.2) is 6.29 Å². The molecule has 2 aliphatic heterocycles. The number of esters is 1. The third-order valence-corrected chi connectivity index (χ3v) is 8.63. The van der Waals surface area contributed by atoms with Crippen molar-refractivity contribution in [3.63, 3.8) is 0 Å². The summed E-state index contributed by atoms with van der Waals surface area (Å²) in [5, 5.41) is 34.0. The zero-order chi connectivity index (χ0) is 28.3. The molecule has 2 rings (SSSR count). The molecular weight excluding hydrogens is 474 g/mol. The molecule has 2 saturated heterocycles. The molecular formula is C29H55NO7. The van der Waals surface area contributed by atoms with Crippen LogP contribution in [0.5, 0.6) is 0 Å². The summed E-state index contributed by atoms with van der Waals surface area (Å²) in [6.45, 7) is 17.8. The summed E-state index contributed by atoms with van der Waals surface area (Å²) >= 11 is 0. The van der Waals surface area contributed by atoms with Crippen molar-refractivity contribution < 1.29 is 34.3 Å². The molecule has 0 aliphatic carbocycles. The molecule has 1 unspecified atom stereocenters. The van der Waals surface area contributed by atoms with Gasteiger partial charge >= 0.3 is 5.97 Å². The number of rotatable bonds is 3. The molecule has 0 saturated carbocycles. The summed E-state index contributed by atoms with van der Waals surface area (Å²) in [5.74, 6) is -0.730. The molecule has 218 valence electrons. The fourth-order valence-electron chi connectivity index (χ4n) is 6.65. The molecule has 0 aromatic rings. The molecule has 0 radical (unpaired) electrons. The van der Waals surface area contributed by atoms with Crippen molar-refractivity contribution in [2.75, 3.05) is 13.6 Å². The number of hydrogen-bond acceptors (Lipinski definition) is 8. The predicted molar refractivity (Wildman–Crippen MR) is 144 cm³/mol. The quantitative estimate of drug-likeness (QED) is 0.475. The Morgan fingerprint density at radius 2 is 1.65 bits per heavy atom. The second kappa shape index (κ2) is 13.1. The van der Waals surface area contributed by atoms with Crippen LogP contribution in [0.3, 0.4) is 0 Å². The van der Waals surface area contributed by atoms with Gasteiger partial charge in [-0.25, -0.2) is 0 Å². The van der Waals surface area contributed by atoms with Crippen LogP contribution in [0.15, 0.2) is 0 Å². The van der Waals surface area contributed by atoms with Gasteiger partial charge in [0.25, 0.3) is 0 Å². The van der Waals surface area contributed by atoms with E-state index < -0.39 is 47.7 Å². The van der Waals surface area contributed by atoms with Gasteiger partial charge < -0.3 is 34.4 Å². The lowest BCUT2D eigenvalue weighted by Gasteiger charge is -2.42. The summed E-state index contributed by atoms with van der Waals surface area (Å²) in [6.07, 6.45) is 0.118. The first-order valence-corrected chi connectivity index (χ1v) is 14.3. The van der Waals surface area contributed by atoms with Crippen LogP contribution in [0.2, 0.25) is 0 Å². The van der Waals surface area contributed by atoms with Gasteiger partial charge in [0.05, 0.1) is 23.7 Å². The van der Waals surface area contributed by atoms with E-state index in [0.29, 0.717) is 31.7 Å². The van der Waals surface area contributed by atoms with Crippen LogP contribution in [0, 0.1) is 23.7 Å². The fraction of sp³-hybridized carbons (Fsp3) is 0.966. The van der Waals surface area contributed by atoms with Gasteiger partial charge in [-0.2, -0.15) is 0 Å². The van der Waals surface area contributed by atoms with Gasteiger partial charge in [-0.15, -0.1) is 0 Å². The Balaban J connectivity index is 2.43. The number of cyclic esters (lactones) is 1. The van der Waals surface area contributed by atoms with Crippen molar-refractivity contribution in [1.82, 2.24) is 4.90 Å². The highest BCUT2D eigenvalue weighted by molar-refractivity contribution is 5.73. The number of hydrogen-bond donors (Lipinski definition) is 3. The number of carbonyl (C=O) groups is 1. The van der Waals surface area contributed by atoms with E-state index in [0.717, 1.165) is 12.8 Å². The summed E-state index contributed by atoms with van der Waals surface area (Å²) in [5.41, 5.74) is -2.62. The Morgan fingerprint density at radius 3 is 2.22 bits per heavy atom. The van der Waals surface area contributed by atoms with Crippen molar-refractivity contribution in [2.24, 2.45) is 23.7 Å². The van der Waals surface area contributed by atoms with Crippen molar-refractivity contribution >= 4 is 5.97 Å². The Morgan fingerprint density at radius 1 is 1.03 bits per heavy atom. The molecule has 2 aliphatic rings. The average Bonchev–Trinajstić information content (AvgIpc) is 2.76. The molecule has 3 N–H and O–H groups in total. The van der Waals surface area contributed by atoms with Gasteiger partial charge in [-0.1, -0.05) is 27.7 Å². The van der Waals surface area contributed by atoms with Gasteiger partial charge in [0.2, 0.25) is 0 Å². The molecule has 8 nitrogen and oxygen atoms in total. The molecule has 8 heteroatoms. The highest BCUT2D eigenvalue weighted by Crippen LogP contribution is 2.35. The largest absolute Gasteiger partial charge is 0.459 e. The van der Waals surface area contributed by atoms with Crippen LogP contribution < -0.4 is 0 Å². The van der Waals surface area contributed by atoms with Crippen LogP contribution in [0.25, 0.3) is 0 Å². The zero-order valence-electron chi connectivity index (χ0n) is 24.9. The SMILES string of the molecule is CC[C@H]1OC(=O)[C@H](C)[C@@H](O[C@H]2CC(C)C[C@H](C)O2)[C@H](C)C[C@](C)(O)C[C@@H](C)CN(C)[C@H](C)[C@@H](O)[C@]1(C)O. The molecule has 2 fully saturated rings. The first-order valence-electron chi connectivity index (χ1n) is 14.3. The van der Waals surface area contributed by atoms with Crippen molar-refractivity contribution in [2.45, 2.75) is 142 Å². The lowest BCUT2D eigenvalue weighted by Crippen LogP contribution is -2.59. The predicted octanol–water partition coefficient (Wildman–Crippen LogP) is 3.74. The van der Waals surface area contributed by atoms with E-state index in [-0.39, 0.29) is 24.0 Å². The Bertz CT molecular complexity index is 719. The van der Waals surface area contributed by atoms with Crippen LogP contribution in [0.1, 0.15) is 94.4 Å². The maximum atomic E-state index is 13.5. The highest BCUT2D eigenvalue weighted by Gasteiger charge is 2.46.